The zero-order chi connectivity index (χ0) is 16.7. The van der Waals surface area contributed by atoms with E-state index >= 15 is 0 Å². The van der Waals surface area contributed by atoms with Gasteiger partial charge in [-0.2, -0.15) is 0 Å². The van der Waals surface area contributed by atoms with Crippen molar-refractivity contribution in [3.05, 3.63) is 28.7 Å². The van der Waals surface area contributed by atoms with Crippen LogP contribution in [0.25, 0.3) is 0 Å². The fraction of sp³-hybridized carbons (Fsp3) is 0.611. The van der Waals surface area contributed by atoms with Gasteiger partial charge in [0.15, 0.2) is 0 Å². The Balaban J connectivity index is 1.69. The van der Waals surface area contributed by atoms with Crippen LogP contribution in [0.1, 0.15) is 39.5 Å². The van der Waals surface area contributed by atoms with E-state index in [-0.39, 0.29) is 11.4 Å². The second-order valence-corrected chi connectivity index (χ2v) is 8.05. The lowest BCUT2D eigenvalue weighted by Crippen LogP contribution is -2.39. The highest BCUT2D eigenvalue weighted by molar-refractivity contribution is 9.10. The van der Waals surface area contributed by atoms with Crippen LogP contribution in [0.5, 0.6) is 0 Å². The number of carbonyl (C=O) groups is 1. The fourth-order valence-electron chi connectivity index (χ4n) is 2.76. The van der Waals surface area contributed by atoms with Gasteiger partial charge in [0, 0.05) is 16.7 Å². The number of nitrogens with zero attached hydrogens (tertiary/aromatic N) is 1. The van der Waals surface area contributed by atoms with Gasteiger partial charge < -0.3 is 15.5 Å². The Labute approximate surface area is 148 Å². The van der Waals surface area contributed by atoms with Crippen LogP contribution in [0.4, 0.5) is 10.5 Å². The minimum atomic E-state index is -0.140. The van der Waals surface area contributed by atoms with E-state index in [2.05, 4.69) is 45.3 Å². The van der Waals surface area contributed by atoms with Gasteiger partial charge in [-0.3, -0.25) is 0 Å². The predicted octanol–water partition coefficient (Wildman–Crippen LogP) is 4.47. The lowest BCUT2D eigenvalue weighted by Gasteiger charge is -2.31. The number of rotatable bonds is 6. The van der Waals surface area contributed by atoms with E-state index in [1.54, 1.807) is 0 Å². The SMILES string of the molecule is CC(C)(CCN1CCCCC1)CNC(=O)Nc1ccc(Br)cc1. The van der Waals surface area contributed by atoms with Crippen molar-refractivity contribution >= 4 is 27.6 Å². The van der Waals surface area contributed by atoms with Crippen LogP contribution < -0.4 is 10.6 Å². The Hall–Kier alpha value is -1.07. The first-order valence-electron chi connectivity index (χ1n) is 8.47. The molecule has 1 fully saturated rings. The highest BCUT2D eigenvalue weighted by Gasteiger charge is 2.21. The molecule has 0 aliphatic carbocycles. The molecule has 4 nitrogen and oxygen atoms in total. The van der Waals surface area contributed by atoms with E-state index in [1.165, 1.54) is 32.4 Å². The van der Waals surface area contributed by atoms with Gasteiger partial charge in [-0.15, -0.1) is 0 Å². The predicted molar refractivity (Wildman–Crippen MR) is 99.9 cm³/mol. The maximum Gasteiger partial charge on any atom is 0.319 e. The van der Waals surface area contributed by atoms with Gasteiger partial charge in [-0.05, 0) is 68.6 Å². The number of likely N-dealkylation sites (tertiary alicyclic amines) is 1. The summed E-state index contributed by atoms with van der Waals surface area (Å²) in [5.41, 5.74) is 0.908. The summed E-state index contributed by atoms with van der Waals surface area (Å²) in [4.78, 5) is 14.6. The number of nitrogens with one attached hydrogen (secondary N) is 2. The molecular weight excluding hydrogens is 354 g/mol. The van der Waals surface area contributed by atoms with E-state index in [0.717, 1.165) is 23.1 Å². The molecule has 1 aromatic rings. The number of piperidine rings is 1. The summed E-state index contributed by atoms with van der Waals surface area (Å²) in [7, 11) is 0. The van der Waals surface area contributed by atoms with Crippen LogP contribution >= 0.6 is 15.9 Å². The van der Waals surface area contributed by atoms with Gasteiger partial charge in [0.1, 0.15) is 0 Å². The van der Waals surface area contributed by atoms with E-state index in [1.807, 2.05) is 24.3 Å². The van der Waals surface area contributed by atoms with Crippen LogP contribution in [0, 0.1) is 5.41 Å². The summed E-state index contributed by atoms with van der Waals surface area (Å²) in [5, 5.41) is 5.86. The van der Waals surface area contributed by atoms with Crippen molar-refractivity contribution in [3.8, 4) is 0 Å². The molecule has 0 saturated carbocycles. The third kappa shape index (κ3) is 6.92. The molecule has 0 aromatic heterocycles. The second kappa shape index (κ2) is 8.69. The van der Waals surface area contributed by atoms with Crippen molar-refractivity contribution < 1.29 is 4.79 Å². The summed E-state index contributed by atoms with van der Waals surface area (Å²) in [6.45, 7) is 8.71. The third-order valence-electron chi connectivity index (χ3n) is 4.38. The number of amides is 2. The standard InChI is InChI=1S/C18H28BrN3O/c1-18(2,10-13-22-11-4-3-5-12-22)14-20-17(23)21-16-8-6-15(19)7-9-16/h6-9H,3-5,10-14H2,1-2H3,(H2,20,21,23). The molecule has 128 valence electrons. The molecule has 1 aliphatic heterocycles. The van der Waals surface area contributed by atoms with E-state index in [4.69, 9.17) is 0 Å². The highest BCUT2D eigenvalue weighted by Crippen LogP contribution is 2.21. The molecule has 0 radical (unpaired) electrons. The number of hydrogen-bond acceptors (Lipinski definition) is 2. The molecule has 5 heteroatoms. The maximum atomic E-state index is 12.0. The summed E-state index contributed by atoms with van der Waals surface area (Å²) < 4.78 is 1.00. The van der Waals surface area contributed by atoms with Crippen molar-refractivity contribution in [1.82, 2.24) is 10.2 Å². The van der Waals surface area contributed by atoms with Crippen LogP contribution in [0.2, 0.25) is 0 Å². The summed E-state index contributed by atoms with van der Waals surface area (Å²) in [6, 6.07) is 7.45. The third-order valence-corrected chi connectivity index (χ3v) is 4.91. The van der Waals surface area contributed by atoms with Gasteiger partial charge >= 0.3 is 6.03 Å². The van der Waals surface area contributed by atoms with Gasteiger partial charge in [-0.1, -0.05) is 36.2 Å². The minimum Gasteiger partial charge on any atom is -0.337 e. The molecule has 0 atom stereocenters. The van der Waals surface area contributed by atoms with Crippen molar-refractivity contribution in [2.75, 3.05) is 31.5 Å². The number of urea groups is 1. The zero-order valence-electron chi connectivity index (χ0n) is 14.2. The second-order valence-electron chi connectivity index (χ2n) is 7.13. The monoisotopic (exact) mass is 381 g/mol. The average Bonchev–Trinajstić information content (AvgIpc) is 2.55. The van der Waals surface area contributed by atoms with Crippen LogP contribution in [-0.2, 0) is 0 Å². The quantitative estimate of drug-likeness (QED) is 0.762. The number of hydrogen-bond donors (Lipinski definition) is 2. The largest absolute Gasteiger partial charge is 0.337 e. The molecular formula is C18H28BrN3O. The van der Waals surface area contributed by atoms with Gasteiger partial charge in [0.2, 0.25) is 0 Å². The van der Waals surface area contributed by atoms with E-state index in [9.17, 15) is 4.79 Å². The summed E-state index contributed by atoms with van der Waals surface area (Å²) >= 11 is 3.39. The minimum absolute atomic E-state index is 0.106. The molecule has 0 bridgehead atoms. The normalized spacial score (nSPS) is 16.1. The molecule has 1 heterocycles. The number of halogens is 1. The smallest absolute Gasteiger partial charge is 0.319 e. The molecule has 0 spiro atoms. The lowest BCUT2D eigenvalue weighted by atomic mass is 9.89. The summed E-state index contributed by atoms with van der Waals surface area (Å²) in [5.74, 6) is 0. The van der Waals surface area contributed by atoms with Gasteiger partial charge in [0.25, 0.3) is 0 Å². The fourth-order valence-corrected chi connectivity index (χ4v) is 3.02. The lowest BCUT2D eigenvalue weighted by molar-refractivity contribution is 0.187. The molecule has 1 aliphatic rings. The van der Waals surface area contributed by atoms with Crippen LogP contribution in [0.3, 0.4) is 0 Å². The Bertz CT molecular complexity index is 495. The van der Waals surface area contributed by atoms with E-state index in [0.29, 0.717) is 6.54 Å². The number of benzene rings is 1. The zero-order valence-corrected chi connectivity index (χ0v) is 15.8. The van der Waals surface area contributed by atoms with Crippen LogP contribution in [-0.4, -0.2) is 37.1 Å². The summed E-state index contributed by atoms with van der Waals surface area (Å²) in [6.07, 6.45) is 5.13. The van der Waals surface area contributed by atoms with Crippen molar-refractivity contribution in [1.29, 1.82) is 0 Å². The van der Waals surface area contributed by atoms with Crippen molar-refractivity contribution in [2.45, 2.75) is 39.5 Å². The molecule has 1 saturated heterocycles. The Kier molecular flexibility index (Phi) is 6.90. The topological polar surface area (TPSA) is 44.4 Å². The first kappa shape index (κ1) is 18.3. The molecule has 1 aromatic carbocycles. The molecule has 0 unspecified atom stereocenters. The van der Waals surface area contributed by atoms with Crippen LogP contribution in [0.15, 0.2) is 28.7 Å². The maximum absolute atomic E-state index is 12.0. The highest BCUT2D eigenvalue weighted by atomic mass is 79.9. The van der Waals surface area contributed by atoms with Crippen molar-refractivity contribution in [2.24, 2.45) is 5.41 Å². The first-order valence-corrected chi connectivity index (χ1v) is 9.27. The molecule has 23 heavy (non-hydrogen) atoms. The van der Waals surface area contributed by atoms with Crippen molar-refractivity contribution in [3.63, 3.8) is 0 Å². The molecule has 2 amide bonds. The Morgan fingerprint density at radius 1 is 1.17 bits per heavy atom. The van der Waals surface area contributed by atoms with E-state index < -0.39 is 0 Å². The molecule has 2 N–H and O–H groups in total. The number of carbonyl (C=O) groups excluding carboxylic acids is 1. The average molecular weight is 382 g/mol. The van der Waals surface area contributed by atoms with Gasteiger partial charge in [0.05, 0.1) is 0 Å². The Morgan fingerprint density at radius 2 is 1.83 bits per heavy atom. The van der Waals surface area contributed by atoms with Gasteiger partial charge in [-0.25, -0.2) is 4.79 Å². The Morgan fingerprint density at radius 3 is 2.48 bits per heavy atom. The number of anilines is 1. The molecule has 2 rings (SSSR count). The first-order chi connectivity index (χ1) is 10.9.